The van der Waals surface area contributed by atoms with E-state index >= 15 is 0 Å². The maximum atomic E-state index is 12.9. The van der Waals surface area contributed by atoms with Gasteiger partial charge in [-0.25, -0.2) is 4.98 Å². The summed E-state index contributed by atoms with van der Waals surface area (Å²) < 4.78 is 23.6. The smallest absolute Gasteiger partial charge is 0.257 e. The fourth-order valence-electron chi connectivity index (χ4n) is 1.93. The maximum absolute atomic E-state index is 12.9. The fourth-order valence-corrected chi connectivity index (χ4v) is 2.47. The summed E-state index contributed by atoms with van der Waals surface area (Å²) in [7, 11) is 1.57. The standard InChI is InChI=1S/C15H17FN2O4S/c1-9(8-21-2)22-12-4-10(7-19)3-11(5-12)14(20)18-15-17-6-13(16)23-15/h3-6,9,19H,7-8H2,1-2H3,(H,17,18,20)/t9-/m0/s1. The largest absolute Gasteiger partial charge is 0.488 e. The van der Waals surface area contributed by atoms with Crippen molar-refractivity contribution in [2.45, 2.75) is 19.6 Å². The van der Waals surface area contributed by atoms with E-state index < -0.39 is 11.0 Å². The van der Waals surface area contributed by atoms with Gasteiger partial charge in [0, 0.05) is 12.7 Å². The Bertz CT molecular complexity index is 677. The number of aliphatic hydroxyl groups is 1. The SMILES string of the molecule is COC[C@H](C)Oc1cc(CO)cc(C(=O)Nc2ncc(F)s2)c1. The highest BCUT2D eigenvalue weighted by Gasteiger charge is 2.13. The van der Waals surface area contributed by atoms with E-state index in [1.807, 2.05) is 6.92 Å². The van der Waals surface area contributed by atoms with E-state index in [1.54, 1.807) is 19.2 Å². The van der Waals surface area contributed by atoms with Crippen LogP contribution in [0, 0.1) is 5.13 Å². The van der Waals surface area contributed by atoms with Gasteiger partial charge in [-0.15, -0.1) is 0 Å². The summed E-state index contributed by atoms with van der Waals surface area (Å²) in [5.41, 5.74) is 0.814. The molecule has 0 aliphatic carbocycles. The van der Waals surface area contributed by atoms with Crippen LogP contribution in [0.3, 0.4) is 0 Å². The highest BCUT2D eigenvalue weighted by atomic mass is 32.1. The van der Waals surface area contributed by atoms with Crippen LogP contribution in [0.25, 0.3) is 0 Å². The molecule has 23 heavy (non-hydrogen) atoms. The number of carbonyl (C=O) groups excluding carboxylic acids is 1. The van der Waals surface area contributed by atoms with Gasteiger partial charge in [0.1, 0.15) is 11.9 Å². The zero-order chi connectivity index (χ0) is 16.8. The van der Waals surface area contributed by atoms with Gasteiger partial charge in [0.15, 0.2) is 10.3 Å². The van der Waals surface area contributed by atoms with Crippen molar-refractivity contribution in [3.05, 3.63) is 40.7 Å². The number of benzene rings is 1. The molecule has 0 bridgehead atoms. The molecule has 1 aromatic heterocycles. The molecule has 0 fully saturated rings. The lowest BCUT2D eigenvalue weighted by Crippen LogP contribution is -2.19. The number of rotatable bonds is 7. The third-order valence-electron chi connectivity index (χ3n) is 2.85. The summed E-state index contributed by atoms with van der Waals surface area (Å²) >= 11 is 0.735. The van der Waals surface area contributed by atoms with Crippen molar-refractivity contribution in [1.29, 1.82) is 0 Å². The number of hydrogen-bond donors (Lipinski definition) is 2. The minimum absolute atomic E-state index is 0.164. The molecular weight excluding hydrogens is 323 g/mol. The summed E-state index contributed by atoms with van der Waals surface area (Å²) in [5.74, 6) is -0.0181. The van der Waals surface area contributed by atoms with E-state index in [2.05, 4.69) is 10.3 Å². The van der Waals surface area contributed by atoms with E-state index in [1.165, 1.54) is 6.07 Å². The Hall–Kier alpha value is -2.03. The van der Waals surface area contributed by atoms with Crippen molar-refractivity contribution in [2.24, 2.45) is 0 Å². The zero-order valence-corrected chi connectivity index (χ0v) is 13.5. The zero-order valence-electron chi connectivity index (χ0n) is 12.7. The Morgan fingerprint density at radius 1 is 1.48 bits per heavy atom. The van der Waals surface area contributed by atoms with Gasteiger partial charge >= 0.3 is 0 Å². The predicted molar refractivity (Wildman–Crippen MR) is 84.4 cm³/mol. The summed E-state index contributed by atoms with van der Waals surface area (Å²) in [6.07, 6.45) is 0.823. The van der Waals surface area contributed by atoms with Crippen LogP contribution in [0.15, 0.2) is 24.4 Å². The van der Waals surface area contributed by atoms with Gasteiger partial charge in [-0.05, 0) is 30.7 Å². The summed E-state index contributed by atoms with van der Waals surface area (Å²) in [4.78, 5) is 16.0. The van der Waals surface area contributed by atoms with Crippen molar-refractivity contribution in [3.63, 3.8) is 0 Å². The van der Waals surface area contributed by atoms with E-state index in [4.69, 9.17) is 9.47 Å². The first-order valence-electron chi connectivity index (χ1n) is 6.85. The molecule has 0 aliphatic heterocycles. The van der Waals surface area contributed by atoms with Gasteiger partial charge in [-0.2, -0.15) is 4.39 Å². The third-order valence-corrected chi connectivity index (χ3v) is 3.55. The molecule has 1 amide bonds. The average Bonchev–Trinajstić information content (AvgIpc) is 2.92. The van der Waals surface area contributed by atoms with Gasteiger partial charge in [0.05, 0.1) is 19.4 Å². The molecule has 0 radical (unpaired) electrons. The van der Waals surface area contributed by atoms with Crippen LogP contribution >= 0.6 is 11.3 Å². The predicted octanol–water partition coefficient (Wildman–Crippen LogP) is 2.44. The first-order valence-corrected chi connectivity index (χ1v) is 7.66. The Balaban J connectivity index is 2.17. The molecule has 0 unspecified atom stereocenters. The average molecular weight is 340 g/mol. The molecular formula is C15H17FN2O4S. The number of anilines is 1. The second kappa shape index (κ2) is 8.00. The first-order chi connectivity index (χ1) is 11.0. The monoisotopic (exact) mass is 340 g/mol. The molecule has 2 N–H and O–H groups in total. The number of aromatic nitrogens is 1. The van der Waals surface area contributed by atoms with Crippen LogP contribution < -0.4 is 10.1 Å². The van der Waals surface area contributed by atoms with Crippen LogP contribution in [0.1, 0.15) is 22.8 Å². The van der Waals surface area contributed by atoms with Crippen molar-refractivity contribution in [2.75, 3.05) is 19.0 Å². The second-order valence-corrected chi connectivity index (χ2v) is 5.81. The molecule has 8 heteroatoms. The molecule has 0 spiro atoms. The molecule has 0 saturated heterocycles. The van der Waals surface area contributed by atoms with Gasteiger partial charge < -0.3 is 14.6 Å². The Morgan fingerprint density at radius 3 is 2.87 bits per heavy atom. The number of ether oxygens (including phenoxy) is 2. The van der Waals surface area contributed by atoms with Gasteiger partial charge in [0.25, 0.3) is 5.91 Å². The number of amides is 1. The molecule has 0 aliphatic rings. The van der Waals surface area contributed by atoms with E-state index in [9.17, 15) is 14.3 Å². The number of halogens is 1. The Morgan fingerprint density at radius 2 is 2.26 bits per heavy atom. The molecule has 6 nitrogen and oxygen atoms in total. The number of carbonyl (C=O) groups is 1. The number of nitrogens with one attached hydrogen (secondary N) is 1. The molecule has 0 saturated carbocycles. The highest BCUT2D eigenvalue weighted by molar-refractivity contribution is 7.14. The molecule has 2 aromatic rings. The number of hydrogen-bond acceptors (Lipinski definition) is 6. The van der Waals surface area contributed by atoms with Crippen LogP contribution in [-0.4, -0.2) is 35.8 Å². The number of methoxy groups -OCH3 is 1. The van der Waals surface area contributed by atoms with E-state index in [0.29, 0.717) is 17.9 Å². The topological polar surface area (TPSA) is 80.7 Å². The Kier molecular flexibility index (Phi) is 6.03. The number of thiazole rings is 1. The molecule has 1 atom stereocenters. The summed E-state index contributed by atoms with van der Waals surface area (Å²) in [5, 5.41) is 11.5. The third kappa shape index (κ3) is 4.98. The van der Waals surface area contributed by atoms with Crippen molar-refractivity contribution in [1.82, 2.24) is 4.98 Å². The van der Waals surface area contributed by atoms with E-state index in [-0.39, 0.29) is 23.4 Å². The van der Waals surface area contributed by atoms with Crippen LogP contribution in [-0.2, 0) is 11.3 Å². The van der Waals surface area contributed by atoms with Gasteiger partial charge in [-0.1, -0.05) is 11.3 Å². The molecule has 1 aromatic carbocycles. The summed E-state index contributed by atoms with van der Waals surface area (Å²) in [6.45, 7) is 1.98. The van der Waals surface area contributed by atoms with Crippen molar-refractivity contribution < 1.29 is 23.8 Å². The molecule has 124 valence electrons. The van der Waals surface area contributed by atoms with Crippen LogP contribution in [0.4, 0.5) is 9.52 Å². The Labute approximate surface area is 136 Å². The molecule has 2 rings (SSSR count). The fraction of sp³-hybridized carbons (Fsp3) is 0.333. The van der Waals surface area contributed by atoms with Gasteiger partial charge in [0.2, 0.25) is 0 Å². The van der Waals surface area contributed by atoms with Crippen molar-refractivity contribution in [3.8, 4) is 5.75 Å². The second-order valence-electron chi connectivity index (χ2n) is 4.83. The quantitative estimate of drug-likeness (QED) is 0.809. The molecule has 1 heterocycles. The first kappa shape index (κ1) is 17.3. The van der Waals surface area contributed by atoms with Crippen molar-refractivity contribution >= 4 is 22.4 Å². The number of nitrogens with zero attached hydrogens (tertiary/aromatic N) is 1. The summed E-state index contributed by atoms with van der Waals surface area (Å²) in [6, 6.07) is 4.73. The van der Waals surface area contributed by atoms with Crippen LogP contribution in [0.2, 0.25) is 0 Å². The normalized spacial score (nSPS) is 12.0. The lowest BCUT2D eigenvalue weighted by Gasteiger charge is -2.15. The minimum Gasteiger partial charge on any atom is -0.488 e. The van der Waals surface area contributed by atoms with Crippen LogP contribution in [0.5, 0.6) is 5.75 Å². The lowest BCUT2D eigenvalue weighted by molar-refractivity contribution is 0.0915. The number of aliphatic hydroxyl groups excluding tert-OH is 1. The lowest BCUT2D eigenvalue weighted by atomic mass is 10.1. The van der Waals surface area contributed by atoms with E-state index in [0.717, 1.165) is 17.5 Å². The maximum Gasteiger partial charge on any atom is 0.257 e. The van der Waals surface area contributed by atoms with Gasteiger partial charge in [-0.3, -0.25) is 10.1 Å². The highest BCUT2D eigenvalue weighted by Crippen LogP contribution is 2.21. The minimum atomic E-state index is -0.484.